The Morgan fingerprint density at radius 2 is 1.88 bits per heavy atom. The van der Waals surface area contributed by atoms with Crippen molar-refractivity contribution >= 4 is 11.9 Å². The van der Waals surface area contributed by atoms with E-state index in [1.54, 1.807) is 6.08 Å². The third kappa shape index (κ3) is 4.26. The smallest absolute Gasteiger partial charge is 0.143 e. The molecule has 0 aliphatic carbocycles. The fourth-order valence-corrected chi connectivity index (χ4v) is 1.57. The van der Waals surface area contributed by atoms with Crippen molar-refractivity contribution in [2.24, 2.45) is 0 Å². The lowest BCUT2D eigenvalue weighted by atomic mass is 10.0. The molecule has 0 spiro atoms. The second-order valence-electron chi connectivity index (χ2n) is 4.01. The Morgan fingerprint density at radius 3 is 2.44 bits per heavy atom. The minimum Gasteiger partial charge on any atom is -0.299 e. The number of carbonyl (C=O) groups is 1. The average molecular weight is 214 g/mol. The van der Waals surface area contributed by atoms with Crippen LogP contribution in [0, 0.1) is 0 Å². The fourth-order valence-electron chi connectivity index (χ4n) is 1.57. The maximum absolute atomic E-state index is 10.6. The highest BCUT2D eigenvalue weighted by molar-refractivity contribution is 5.81. The summed E-state index contributed by atoms with van der Waals surface area (Å²) < 4.78 is 0. The van der Waals surface area contributed by atoms with Gasteiger partial charge in [-0.15, -0.1) is 0 Å². The van der Waals surface area contributed by atoms with Crippen LogP contribution < -0.4 is 0 Å². The summed E-state index contributed by atoms with van der Waals surface area (Å²) in [4.78, 5) is 10.6. The van der Waals surface area contributed by atoms with Crippen LogP contribution in [0.15, 0.2) is 48.1 Å². The van der Waals surface area contributed by atoms with Crippen LogP contribution in [0.5, 0.6) is 0 Å². The van der Waals surface area contributed by atoms with Crippen molar-refractivity contribution in [1.29, 1.82) is 0 Å². The number of rotatable bonds is 5. The van der Waals surface area contributed by atoms with Gasteiger partial charge in [0.15, 0.2) is 0 Å². The van der Waals surface area contributed by atoms with Gasteiger partial charge in [0, 0.05) is 0 Å². The summed E-state index contributed by atoms with van der Waals surface area (Å²) in [6, 6.07) is 10.1. The molecular weight excluding hydrogens is 196 g/mol. The average Bonchev–Trinajstić information content (AvgIpc) is 2.29. The number of carbonyl (C=O) groups excluding carboxylic acids is 1. The van der Waals surface area contributed by atoms with Gasteiger partial charge >= 0.3 is 0 Å². The number of aldehydes is 1. The van der Waals surface area contributed by atoms with E-state index in [1.165, 1.54) is 5.57 Å². The maximum Gasteiger partial charge on any atom is 0.143 e. The van der Waals surface area contributed by atoms with Gasteiger partial charge < -0.3 is 0 Å². The molecule has 0 fully saturated rings. The van der Waals surface area contributed by atoms with Gasteiger partial charge in [-0.05, 0) is 43.9 Å². The van der Waals surface area contributed by atoms with E-state index in [9.17, 15) is 4.79 Å². The van der Waals surface area contributed by atoms with Gasteiger partial charge in [0.2, 0.25) is 0 Å². The number of hydrogen-bond acceptors (Lipinski definition) is 1. The highest BCUT2D eigenvalue weighted by atomic mass is 16.1. The first-order chi connectivity index (χ1) is 7.74. The second-order valence-corrected chi connectivity index (χ2v) is 4.01. The van der Waals surface area contributed by atoms with Crippen molar-refractivity contribution in [3.63, 3.8) is 0 Å². The van der Waals surface area contributed by atoms with Crippen molar-refractivity contribution < 1.29 is 4.79 Å². The Hall–Kier alpha value is -1.63. The summed E-state index contributed by atoms with van der Waals surface area (Å²) in [5.41, 5.74) is 3.56. The van der Waals surface area contributed by atoms with Gasteiger partial charge in [-0.1, -0.05) is 42.0 Å². The van der Waals surface area contributed by atoms with E-state index >= 15 is 0 Å². The van der Waals surface area contributed by atoms with Crippen molar-refractivity contribution in [3.8, 4) is 0 Å². The van der Waals surface area contributed by atoms with Gasteiger partial charge in [-0.25, -0.2) is 0 Å². The minimum absolute atomic E-state index is 0.866. The molecule has 1 heteroatoms. The fraction of sp³-hybridized carbons (Fsp3) is 0.267. The molecule has 1 aromatic carbocycles. The van der Waals surface area contributed by atoms with Crippen molar-refractivity contribution in [2.75, 3.05) is 0 Å². The first-order valence-corrected chi connectivity index (χ1v) is 5.57. The molecule has 1 rings (SSSR count). The quantitative estimate of drug-likeness (QED) is 0.411. The predicted molar refractivity (Wildman–Crippen MR) is 69.1 cm³/mol. The van der Waals surface area contributed by atoms with Crippen LogP contribution in [0.3, 0.4) is 0 Å². The lowest BCUT2D eigenvalue weighted by molar-refractivity contribution is -0.104. The minimum atomic E-state index is 0.866. The molecule has 16 heavy (non-hydrogen) atoms. The Labute approximate surface area is 97.5 Å². The maximum atomic E-state index is 10.6. The molecule has 0 bridgehead atoms. The largest absolute Gasteiger partial charge is 0.299 e. The van der Waals surface area contributed by atoms with Crippen molar-refractivity contribution in [2.45, 2.75) is 26.7 Å². The first kappa shape index (κ1) is 12.4. The SMILES string of the molecule is CC(C)=CCCC(=CC=O)c1ccccc1. The molecule has 0 atom stereocenters. The van der Waals surface area contributed by atoms with E-state index in [4.69, 9.17) is 0 Å². The summed E-state index contributed by atoms with van der Waals surface area (Å²) in [6.07, 6.45) is 6.62. The van der Waals surface area contributed by atoms with Gasteiger partial charge in [0.05, 0.1) is 0 Å². The zero-order valence-corrected chi connectivity index (χ0v) is 9.94. The molecule has 0 saturated carbocycles. The zero-order chi connectivity index (χ0) is 11.8. The molecule has 0 N–H and O–H groups in total. The standard InChI is InChI=1S/C15H18O/c1-13(2)7-6-10-15(11-12-16)14-8-4-3-5-9-14/h3-5,7-9,11-12H,6,10H2,1-2H3. The molecule has 0 aromatic heterocycles. The number of allylic oxidation sites excluding steroid dienone is 4. The van der Waals surface area contributed by atoms with Crippen LogP contribution in [0.4, 0.5) is 0 Å². The molecule has 0 aliphatic heterocycles. The van der Waals surface area contributed by atoms with Crippen LogP contribution in [-0.4, -0.2) is 6.29 Å². The van der Waals surface area contributed by atoms with E-state index in [1.807, 2.05) is 30.3 Å². The highest BCUT2D eigenvalue weighted by Gasteiger charge is 1.99. The monoisotopic (exact) mass is 214 g/mol. The van der Waals surface area contributed by atoms with E-state index in [0.717, 1.165) is 30.3 Å². The Balaban J connectivity index is 2.74. The summed E-state index contributed by atoms with van der Waals surface area (Å²) in [6.45, 7) is 4.18. The molecule has 0 saturated heterocycles. The highest BCUT2D eigenvalue weighted by Crippen LogP contribution is 2.19. The zero-order valence-electron chi connectivity index (χ0n) is 9.94. The van der Waals surface area contributed by atoms with E-state index in [-0.39, 0.29) is 0 Å². The topological polar surface area (TPSA) is 17.1 Å². The van der Waals surface area contributed by atoms with E-state index in [2.05, 4.69) is 19.9 Å². The lowest BCUT2D eigenvalue weighted by Gasteiger charge is -2.05. The van der Waals surface area contributed by atoms with Gasteiger partial charge in [0.25, 0.3) is 0 Å². The number of benzene rings is 1. The molecule has 84 valence electrons. The van der Waals surface area contributed by atoms with Crippen LogP contribution >= 0.6 is 0 Å². The summed E-state index contributed by atoms with van der Waals surface area (Å²) in [5, 5.41) is 0. The Bertz CT molecular complexity index is 381. The van der Waals surface area contributed by atoms with Gasteiger partial charge in [0.1, 0.15) is 6.29 Å². The van der Waals surface area contributed by atoms with Crippen molar-refractivity contribution in [1.82, 2.24) is 0 Å². The Morgan fingerprint density at radius 1 is 1.19 bits per heavy atom. The predicted octanol–water partition coefficient (Wildman–Crippen LogP) is 4.02. The van der Waals surface area contributed by atoms with Crippen LogP contribution in [0.1, 0.15) is 32.3 Å². The molecule has 0 unspecified atom stereocenters. The van der Waals surface area contributed by atoms with E-state index in [0.29, 0.717) is 0 Å². The normalized spacial score (nSPS) is 11.0. The van der Waals surface area contributed by atoms with Crippen molar-refractivity contribution in [3.05, 3.63) is 53.6 Å². The molecule has 1 nitrogen and oxygen atoms in total. The number of hydrogen-bond donors (Lipinski definition) is 0. The summed E-state index contributed by atoms with van der Waals surface area (Å²) in [7, 11) is 0. The molecular formula is C15H18O. The third-order valence-electron chi connectivity index (χ3n) is 2.38. The molecule has 0 aliphatic rings. The van der Waals surface area contributed by atoms with Crippen LogP contribution in [-0.2, 0) is 4.79 Å². The Kier molecular flexibility index (Phi) is 5.27. The van der Waals surface area contributed by atoms with Gasteiger partial charge in [-0.3, -0.25) is 4.79 Å². The summed E-state index contributed by atoms with van der Waals surface area (Å²) in [5.74, 6) is 0. The molecule has 0 radical (unpaired) electrons. The summed E-state index contributed by atoms with van der Waals surface area (Å²) >= 11 is 0. The third-order valence-corrected chi connectivity index (χ3v) is 2.38. The molecule has 0 heterocycles. The molecule has 1 aromatic rings. The lowest BCUT2D eigenvalue weighted by Crippen LogP contribution is -1.85. The van der Waals surface area contributed by atoms with Gasteiger partial charge in [-0.2, -0.15) is 0 Å². The van der Waals surface area contributed by atoms with E-state index < -0.39 is 0 Å². The molecule has 0 amide bonds. The second kappa shape index (κ2) is 6.78. The first-order valence-electron chi connectivity index (χ1n) is 5.57. The van der Waals surface area contributed by atoms with Crippen LogP contribution in [0.25, 0.3) is 5.57 Å². The van der Waals surface area contributed by atoms with Crippen LogP contribution in [0.2, 0.25) is 0 Å².